The summed E-state index contributed by atoms with van der Waals surface area (Å²) in [5.74, 6) is 1.52. The summed E-state index contributed by atoms with van der Waals surface area (Å²) in [7, 11) is 0. The molecule has 0 spiro atoms. The molecule has 0 heterocycles. The highest BCUT2D eigenvalue weighted by Crippen LogP contribution is 2.28. The minimum atomic E-state index is -0.0763. The van der Waals surface area contributed by atoms with E-state index in [0.29, 0.717) is 24.3 Å². The molecule has 1 aromatic carbocycles. The van der Waals surface area contributed by atoms with Gasteiger partial charge in [-0.2, -0.15) is 0 Å². The van der Waals surface area contributed by atoms with Gasteiger partial charge in [0.2, 0.25) is 5.91 Å². The first kappa shape index (κ1) is 17.8. The highest BCUT2D eigenvalue weighted by molar-refractivity contribution is 5.79. The summed E-state index contributed by atoms with van der Waals surface area (Å²) in [5, 5.41) is 5.94. The molecule has 2 aliphatic rings. The highest BCUT2D eigenvalue weighted by atomic mass is 16.5. The molecule has 5 heteroatoms. The van der Waals surface area contributed by atoms with E-state index in [0.717, 1.165) is 37.7 Å². The molecule has 2 aliphatic carbocycles. The molecule has 25 heavy (non-hydrogen) atoms. The summed E-state index contributed by atoms with van der Waals surface area (Å²) in [6.45, 7) is 2.75. The van der Waals surface area contributed by atoms with Gasteiger partial charge in [-0.3, -0.25) is 9.59 Å². The summed E-state index contributed by atoms with van der Waals surface area (Å²) in [6, 6.07) is 7.91. The fourth-order valence-electron chi connectivity index (χ4n) is 3.40. The van der Waals surface area contributed by atoms with Gasteiger partial charge < -0.3 is 15.4 Å². The van der Waals surface area contributed by atoms with E-state index in [9.17, 15) is 9.59 Å². The summed E-state index contributed by atoms with van der Waals surface area (Å²) in [4.78, 5) is 24.0. The Balaban J connectivity index is 1.44. The SMILES string of the molecule is CC1CCCC(C(=O)NCc2cccc(OCC(=O)NC3CC3)c2)C1. The van der Waals surface area contributed by atoms with Gasteiger partial charge in [-0.15, -0.1) is 0 Å². The van der Waals surface area contributed by atoms with Gasteiger partial charge >= 0.3 is 0 Å². The van der Waals surface area contributed by atoms with Crippen molar-refractivity contribution < 1.29 is 14.3 Å². The van der Waals surface area contributed by atoms with Crippen molar-refractivity contribution in [2.45, 2.75) is 58.0 Å². The van der Waals surface area contributed by atoms with Crippen molar-refractivity contribution in [2.24, 2.45) is 11.8 Å². The van der Waals surface area contributed by atoms with Crippen molar-refractivity contribution in [1.82, 2.24) is 10.6 Å². The molecule has 2 unspecified atom stereocenters. The normalized spacial score (nSPS) is 22.9. The number of nitrogens with one attached hydrogen (secondary N) is 2. The monoisotopic (exact) mass is 344 g/mol. The summed E-state index contributed by atoms with van der Waals surface area (Å²) < 4.78 is 5.55. The topological polar surface area (TPSA) is 67.4 Å². The third-order valence-electron chi connectivity index (χ3n) is 4.98. The van der Waals surface area contributed by atoms with E-state index in [1.807, 2.05) is 24.3 Å². The zero-order valence-corrected chi connectivity index (χ0v) is 14.9. The lowest BCUT2D eigenvalue weighted by Crippen LogP contribution is -2.33. The molecule has 0 bridgehead atoms. The lowest BCUT2D eigenvalue weighted by atomic mass is 9.82. The number of hydrogen-bond acceptors (Lipinski definition) is 3. The lowest BCUT2D eigenvalue weighted by molar-refractivity contribution is -0.126. The first-order chi connectivity index (χ1) is 12.1. The molecule has 1 aromatic rings. The number of rotatable bonds is 7. The number of benzene rings is 1. The predicted molar refractivity (Wildman–Crippen MR) is 96.1 cm³/mol. The maximum atomic E-state index is 12.3. The lowest BCUT2D eigenvalue weighted by Gasteiger charge is -2.25. The van der Waals surface area contributed by atoms with Crippen molar-refractivity contribution in [3.05, 3.63) is 29.8 Å². The Bertz CT molecular complexity index is 613. The molecule has 2 saturated carbocycles. The Labute approximate surface area is 149 Å². The summed E-state index contributed by atoms with van der Waals surface area (Å²) in [6.07, 6.45) is 6.50. The minimum Gasteiger partial charge on any atom is -0.484 e. The van der Waals surface area contributed by atoms with Crippen LogP contribution in [0.2, 0.25) is 0 Å². The molecule has 2 N–H and O–H groups in total. The van der Waals surface area contributed by atoms with Crippen LogP contribution in [-0.2, 0) is 16.1 Å². The van der Waals surface area contributed by atoms with E-state index in [4.69, 9.17) is 4.74 Å². The third-order valence-corrected chi connectivity index (χ3v) is 4.98. The average Bonchev–Trinajstić information content (AvgIpc) is 3.42. The van der Waals surface area contributed by atoms with Crippen LogP contribution in [0.3, 0.4) is 0 Å². The highest BCUT2D eigenvalue weighted by Gasteiger charge is 2.25. The van der Waals surface area contributed by atoms with Gasteiger partial charge in [0.1, 0.15) is 5.75 Å². The van der Waals surface area contributed by atoms with Gasteiger partial charge in [0.05, 0.1) is 0 Å². The predicted octanol–water partition coefficient (Wildman–Crippen LogP) is 2.79. The third kappa shape index (κ3) is 5.76. The second-order valence-corrected chi connectivity index (χ2v) is 7.46. The quantitative estimate of drug-likeness (QED) is 0.799. The summed E-state index contributed by atoms with van der Waals surface area (Å²) >= 11 is 0. The minimum absolute atomic E-state index is 0.0340. The first-order valence-corrected chi connectivity index (χ1v) is 9.39. The zero-order chi connectivity index (χ0) is 17.6. The Morgan fingerprint density at radius 1 is 1.20 bits per heavy atom. The maximum Gasteiger partial charge on any atom is 0.258 e. The van der Waals surface area contributed by atoms with Crippen LogP contribution in [0.15, 0.2) is 24.3 Å². The summed E-state index contributed by atoms with van der Waals surface area (Å²) in [5.41, 5.74) is 0.984. The van der Waals surface area contributed by atoms with Crippen molar-refractivity contribution in [3.8, 4) is 5.75 Å². The number of ether oxygens (including phenoxy) is 1. The van der Waals surface area contributed by atoms with Crippen LogP contribution in [0.25, 0.3) is 0 Å². The molecule has 0 aromatic heterocycles. The fourth-order valence-corrected chi connectivity index (χ4v) is 3.40. The molecule has 2 fully saturated rings. The molecular formula is C20H28N2O3. The number of amides is 2. The molecule has 2 amide bonds. The number of carbonyl (C=O) groups is 2. The van der Waals surface area contributed by atoms with E-state index in [-0.39, 0.29) is 24.3 Å². The standard InChI is InChI=1S/C20H28N2O3/c1-14-4-2-6-16(10-14)20(24)21-12-15-5-3-7-18(11-15)25-13-19(23)22-17-8-9-17/h3,5,7,11,14,16-17H,2,4,6,8-10,12-13H2,1H3,(H,21,24)(H,22,23). The van der Waals surface area contributed by atoms with E-state index in [1.165, 1.54) is 6.42 Å². The fraction of sp³-hybridized carbons (Fsp3) is 0.600. The molecule has 0 radical (unpaired) electrons. The Morgan fingerprint density at radius 2 is 2.04 bits per heavy atom. The van der Waals surface area contributed by atoms with Gasteiger partial charge in [-0.1, -0.05) is 31.9 Å². The molecule has 3 rings (SSSR count). The maximum absolute atomic E-state index is 12.3. The van der Waals surface area contributed by atoms with Gasteiger partial charge in [0, 0.05) is 18.5 Å². The molecule has 0 saturated heterocycles. The van der Waals surface area contributed by atoms with Crippen LogP contribution < -0.4 is 15.4 Å². The van der Waals surface area contributed by atoms with Gasteiger partial charge in [-0.25, -0.2) is 0 Å². The van der Waals surface area contributed by atoms with E-state index in [1.54, 1.807) is 0 Å². The second-order valence-electron chi connectivity index (χ2n) is 7.46. The zero-order valence-electron chi connectivity index (χ0n) is 14.9. The molecule has 5 nitrogen and oxygen atoms in total. The van der Waals surface area contributed by atoms with Crippen LogP contribution in [0.4, 0.5) is 0 Å². The van der Waals surface area contributed by atoms with Crippen LogP contribution in [0, 0.1) is 11.8 Å². The number of carbonyl (C=O) groups excluding carboxylic acids is 2. The van der Waals surface area contributed by atoms with Crippen molar-refractivity contribution in [3.63, 3.8) is 0 Å². The van der Waals surface area contributed by atoms with Gasteiger partial charge in [0.15, 0.2) is 6.61 Å². The van der Waals surface area contributed by atoms with E-state index >= 15 is 0 Å². The average molecular weight is 344 g/mol. The Kier molecular flexibility index (Phi) is 5.95. The van der Waals surface area contributed by atoms with Crippen LogP contribution in [0.5, 0.6) is 5.75 Å². The van der Waals surface area contributed by atoms with Crippen molar-refractivity contribution in [1.29, 1.82) is 0 Å². The smallest absolute Gasteiger partial charge is 0.258 e. The molecular weight excluding hydrogens is 316 g/mol. The first-order valence-electron chi connectivity index (χ1n) is 9.39. The van der Waals surface area contributed by atoms with Crippen LogP contribution in [-0.4, -0.2) is 24.5 Å². The molecule has 0 aliphatic heterocycles. The van der Waals surface area contributed by atoms with Gasteiger partial charge in [0.25, 0.3) is 5.91 Å². The van der Waals surface area contributed by atoms with Crippen LogP contribution >= 0.6 is 0 Å². The number of hydrogen-bond donors (Lipinski definition) is 2. The van der Waals surface area contributed by atoms with Crippen molar-refractivity contribution in [2.75, 3.05) is 6.61 Å². The van der Waals surface area contributed by atoms with Gasteiger partial charge in [-0.05, 0) is 49.3 Å². The Hall–Kier alpha value is -2.04. The molecule has 2 atom stereocenters. The molecule has 136 valence electrons. The van der Waals surface area contributed by atoms with E-state index < -0.39 is 0 Å². The largest absolute Gasteiger partial charge is 0.484 e. The van der Waals surface area contributed by atoms with Crippen LogP contribution in [0.1, 0.15) is 51.0 Å². The Morgan fingerprint density at radius 3 is 2.80 bits per heavy atom. The van der Waals surface area contributed by atoms with Crippen molar-refractivity contribution >= 4 is 11.8 Å². The van der Waals surface area contributed by atoms with E-state index in [2.05, 4.69) is 17.6 Å². The second kappa shape index (κ2) is 8.37.